The van der Waals surface area contributed by atoms with Gasteiger partial charge < -0.3 is 10.6 Å². The number of rotatable bonds is 8. The van der Waals surface area contributed by atoms with Crippen LogP contribution in [-0.2, 0) is 11.2 Å². The Labute approximate surface area is 110 Å². The molecule has 0 radical (unpaired) electrons. The summed E-state index contributed by atoms with van der Waals surface area (Å²) < 4.78 is 0. The molecule has 0 saturated carbocycles. The molecule has 0 unspecified atom stereocenters. The van der Waals surface area contributed by atoms with Crippen molar-refractivity contribution < 1.29 is 4.79 Å². The summed E-state index contributed by atoms with van der Waals surface area (Å²) in [6, 6.07) is 8.35. The third-order valence-electron chi connectivity index (χ3n) is 2.81. The molecular formula is C15H24N2O. The zero-order valence-electron chi connectivity index (χ0n) is 11.5. The van der Waals surface area contributed by atoms with E-state index in [1.807, 2.05) is 0 Å². The first kappa shape index (κ1) is 14.7. The smallest absolute Gasteiger partial charge is 0.220 e. The molecule has 0 spiro atoms. The second-order valence-electron chi connectivity index (χ2n) is 4.59. The highest BCUT2D eigenvalue weighted by atomic mass is 16.1. The molecule has 1 aromatic rings. The van der Waals surface area contributed by atoms with Gasteiger partial charge in [0.1, 0.15) is 0 Å². The summed E-state index contributed by atoms with van der Waals surface area (Å²) in [6.45, 7) is 6.78. The highest BCUT2D eigenvalue weighted by Crippen LogP contribution is 2.05. The second-order valence-corrected chi connectivity index (χ2v) is 4.59. The van der Waals surface area contributed by atoms with E-state index in [2.05, 4.69) is 48.7 Å². The Hall–Kier alpha value is -1.35. The second kappa shape index (κ2) is 8.70. The summed E-state index contributed by atoms with van der Waals surface area (Å²) in [7, 11) is 0. The highest BCUT2D eigenvalue weighted by Gasteiger charge is 2.01. The first-order chi connectivity index (χ1) is 8.72. The summed E-state index contributed by atoms with van der Waals surface area (Å²) >= 11 is 0. The lowest BCUT2D eigenvalue weighted by Gasteiger charge is -2.06. The summed E-state index contributed by atoms with van der Waals surface area (Å²) in [6.07, 6.45) is 2.51. The van der Waals surface area contributed by atoms with Crippen LogP contribution < -0.4 is 10.6 Å². The minimum atomic E-state index is 0.133. The average Bonchev–Trinajstić information content (AvgIpc) is 2.38. The fraction of sp³-hybridized carbons (Fsp3) is 0.533. The number of nitrogens with one attached hydrogen (secondary N) is 2. The van der Waals surface area contributed by atoms with Crippen molar-refractivity contribution in [1.82, 2.24) is 10.6 Å². The molecule has 0 bridgehead atoms. The summed E-state index contributed by atoms with van der Waals surface area (Å²) in [5, 5.41) is 6.18. The molecule has 0 heterocycles. The molecule has 1 amide bonds. The van der Waals surface area contributed by atoms with E-state index >= 15 is 0 Å². The SMILES string of the molecule is CCCNCCNC(=O)CCc1ccc(C)cc1. The monoisotopic (exact) mass is 248 g/mol. The van der Waals surface area contributed by atoms with E-state index in [4.69, 9.17) is 0 Å². The predicted molar refractivity (Wildman–Crippen MR) is 75.7 cm³/mol. The molecule has 3 nitrogen and oxygen atoms in total. The zero-order valence-corrected chi connectivity index (χ0v) is 11.5. The Morgan fingerprint density at radius 1 is 1.11 bits per heavy atom. The van der Waals surface area contributed by atoms with Crippen LogP contribution in [-0.4, -0.2) is 25.5 Å². The van der Waals surface area contributed by atoms with Gasteiger partial charge in [-0.2, -0.15) is 0 Å². The molecule has 0 aliphatic heterocycles. The number of aryl methyl sites for hydroxylation is 2. The molecule has 100 valence electrons. The molecule has 0 aliphatic carbocycles. The van der Waals surface area contributed by atoms with Crippen molar-refractivity contribution in [1.29, 1.82) is 0 Å². The number of hydrogen-bond donors (Lipinski definition) is 2. The summed E-state index contributed by atoms with van der Waals surface area (Å²) in [5.74, 6) is 0.133. The maximum Gasteiger partial charge on any atom is 0.220 e. The van der Waals surface area contributed by atoms with Crippen molar-refractivity contribution >= 4 is 5.91 Å². The van der Waals surface area contributed by atoms with Gasteiger partial charge in [0.05, 0.1) is 0 Å². The van der Waals surface area contributed by atoms with Gasteiger partial charge >= 0.3 is 0 Å². The number of carbonyl (C=O) groups excluding carboxylic acids is 1. The third kappa shape index (κ3) is 6.40. The third-order valence-corrected chi connectivity index (χ3v) is 2.81. The number of benzene rings is 1. The van der Waals surface area contributed by atoms with Gasteiger partial charge in [0.2, 0.25) is 5.91 Å². The Balaban J connectivity index is 2.11. The summed E-state index contributed by atoms with van der Waals surface area (Å²) in [5.41, 5.74) is 2.48. The predicted octanol–water partition coefficient (Wildman–Crippen LogP) is 2.04. The highest BCUT2D eigenvalue weighted by molar-refractivity contribution is 5.76. The molecule has 2 N–H and O–H groups in total. The minimum absolute atomic E-state index is 0.133. The maximum absolute atomic E-state index is 11.6. The largest absolute Gasteiger partial charge is 0.355 e. The first-order valence-electron chi connectivity index (χ1n) is 6.75. The van der Waals surface area contributed by atoms with Crippen LogP contribution in [0.15, 0.2) is 24.3 Å². The van der Waals surface area contributed by atoms with Crippen LogP contribution in [0.25, 0.3) is 0 Å². The van der Waals surface area contributed by atoms with Crippen molar-refractivity contribution in [3.63, 3.8) is 0 Å². The molecule has 0 aromatic heterocycles. The van der Waals surface area contributed by atoms with Crippen LogP contribution in [0.4, 0.5) is 0 Å². The molecule has 18 heavy (non-hydrogen) atoms. The lowest BCUT2D eigenvalue weighted by atomic mass is 10.1. The van der Waals surface area contributed by atoms with E-state index in [-0.39, 0.29) is 5.91 Å². The molecule has 0 aliphatic rings. The van der Waals surface area contributed by atoms with Crippen molar-refractivity contribution in [2.75, 3.05) is 19.6 Å². The Bertz CT molecular complexity index is 346. The number of carbonyl (C=O) groups is 1. The van der Waals surface area contributed by atoms with Crippen LogP contribution in [0.3, 0.4) is 0 Å². The van der Waals surface area contributed by atoms with E-state index in [0.717, 1.165) is 25.9 Å². The maximum atomic E-state index is 11.6. The van der Waals surface area contributed by atoms with E-state index in [9.17, 15) is 4.79 Å². The molecule has 1 aromatic carbocycles. The van der Waals surface area contributed by atoms with Crippen LogP contribution in [0.5, 0.6) is 0 Å². The van der Waals surface area contributed by atoms with E-state index in [1.54, 1.807) is 0 Å². The molecular weight excluding hydrogens is 224 g/mol. The van der Waals surface area contributed by atoms with Crippen LogP contribution in [0.1, 0.15) is 30.9 Å². The van der Waals surface area contributed by atoms with Gasteiger partial charge in [0.15, 0.2) is 0 Å². The Morgan fingerprint density at radius 3 is 2.50 bits per heavy atom. The number of amides is 1. The molecule has 0 atom stereocenters. The van der Waals surface area contributed by atoms with E-state index in [1.165, 1.54) is 11.1 Å². The fourth-order valence-electron chi connectivity index (χ4n) is 1.69. The van der Waals surface area contributed by atoms with Gasteiger partial charge in [-0.1, -0.05) is 36.8 Å². The average molecular weight is 248 g/mol. The molecule has 0 saturated heterocycles. The molecule has 3 heteroatoms. The van der Waals surface area contributed by atoms with Crippen molar-refractivity contribution in [2.45, 2.75) is 33.1 Å². The topological polar surface area (TPSA) is 41.1 Å². The Morgan fingerprint density at radius 2 is 1.83 bits per heavy atom. The van der Waals surface area contributed by atoms with Crippen molar-refractivity contribution in [3.05, 3.63) is 35.4 Å². The first-order valence-corrected chi connectivity index (χ1v) is 6.75. The molecule has 0 fully saturated rings. The Kier molecular flexibility index (Phi) is 7.11. The van der Waals surface area contributed by atoms with Gasteiger partial charge in [-0.05, 0) is 31.9 Å². The number of hydrogen-bond acceptors (Lipinski definition) is 2. The minimum Gasteiger partial charge on any atom is -0.355 e. The normalized spacial score (nSPS) is 10.3. The van der Waals surface area contributed by atoms with E-state index in [0.29, 0.717) is 13.0 Å². The van der Waals surface area contributed by atoms with Gasteiger partial charge in [-0.25, -0.2) is 0 Å². The zero-order chi connectivity index (χ0) is 13.2. The molecule has 1 rings (SSSR count). The quantitative estimate of drug-likeness (QED) is 0.691. The van der Waals surface area contributed by atoms with Crippen LogP contribution >= 0.6 is 0 Å². The fourth-order valence-corrected chi connectivity index (χ4v) is 1.69. The van der Waals surface area contributed by atoms with Gasteiger partial charge in [0.25, 0.3) is 0 Å². The van der Waals surface area contributed by atoms with Crippen LogP contribution in [0, 0.1) is 6.92 Å². The lowest BCUT2D eigenvalue weighted by Crippen LogP contribution is -2.32. The van der Waals surface area contributed by atoms with Crippen molar-refractivity contribution in [3.8, 4) is 0 Å². The summed E-state index contributed by atoms with van der Waals surface area (Å²) in [4.78, 5) is 11.6. The van der Waals surface area contributed by atoms with Crippen molar-refractivity contribution in [2.24, 2.45) is 0 Å². The lowest BCUT2D eigenvalue weighted by molar-refractivity contribution is -0.121. The van der Waals surface area contributed by atoms with Gasteiger partial charge in [0, 0.05) is 19.5 Å². The van der Waals surface area contributed by atoms with Crippen LogP contribution in [0.2, 0.25) is 0 Å². The van der Waals surface area contributed by atoms with Gasteiger partial charge in [-0.15, -0.1) is 0 Å². The van der Waals surface area contributed by atoms with E-state index < -0.39 is 0 Å². The standard InChI is InChI=1S/C15H24N2O/c1-3-10-16-11-12-17-15(18)9-8-14-6-4-13(2)5-7-14/h4-7,16H,3,8-12H2,1-2H3,(H,17,18). The van der Waals surface area contributed by atoms with Gasteiger partial charge in [-0.3, -0.25) is 4.79 Å².